The molecule has 19 heavy (non-hydrogen) atoms. The van der Waals surface area contributed by atoms with Gasteiger partial charge in [-0.15, -0.1) is 0 Å². The van der Waals surface area contributed by atoms with Crippen LogP contribution in [0.15, 0.2) is 18.2 Å². The van der Waals surface area contributed by atoms with Crippen molar-refractivity contribution in [3.05, 3.63) is 34.9 Å². The summed E-state index contributed by atoms with van der Waals surface area (Å²) in [6.45, 7) is 6.62. The first kappa shape index (κ1) is 12.6. The van der Waals surface area contributed by atoms with E-state index in [1.54, 1.807) is 0 Å². The second-order valence-corrected chi connectivity index (χ2v) is 5.44. The zero-order valence-electron chi connectivity index (χ0n) is 11.4. The van der Waals surface area contributed by atoms with Gasteiger partial charge in [0.15, 0.2) is 0 Å². The Bertz CT molecular complexity index is 490. The number of amides is 1. The monoisotopic (exact) mass is 261 g/mol. The van der Waals surface area contributed by atoms with E-state index in [1.807, 2.05) is 36.9 Å². The van der Waals surface area contributed by atoms with Gasteiger partial charge in [-0.25, -0.2) is 0 Å². The van der Waals surface area contributed by atoms with Crippen molar-refractivity contribution >= 4 is 5.91 Å². The summed E-state index contributed by atoms with van der Waals surface area (Å²) >= 11 is 0. The molecule has 102 valence electrons. The zero-order valence-corrected chi connectivity index (χ0v) is 11.4. The highest BCUT2D eigenvalue weighted by Crippen LogP contribution is 2.22. The Balaban J connectivity index is 1.80. The quantitative estimate of drug-likeness (QED) is 0.775. The van der Waals surface area contributed by atoms with E-state index in [0.717, 1.165) is 11.1 Å². The predicted octanol–water partition coefficient (Wildman–Crippen LogP) is 1.97. The molecule has 0 unspecified atom stereocenters. The van der Waals surface area contributed by atoms with Gasteiger partial charge in [0.2, 0.25) is 0 Å². The molecule has 2 aliphatic rings. The van der Waals surface area contributed by atoms with Crippen molar-refractivity contribution in [1.29, 1.82) is 0 Å². The fourth-order valence-corrected chi connectivity index (χ4v) is 2.83. The fourth-order valence-electron chi connectivity index (χ4n) is 2.83. The van der Waals surface area contributed by atoms with Crippen LogP contribution < -0.4 is 0 Å². The largest absolute Gasteiger partial charge is 0.372 e. The van der Waals surface area contributed by atoms with Gasteiger partial charge >= 0.3 is 0 Å². The molecular weight excluding hydrogens is 242 g/mol. The van der Waals surface area contributed by atoms with E-state index in [2.05, 4.69) is 0 Å². The molecule has 2 atom stereocenters. The molecule has 0 N–H and O–H groups in total. The molecule has 3 rings (SSSR count). The van der Waals surface area contributed by atoms with E-state index in [1.165, 1.54) is 5.56 Å². The third kappa shape index (κ3) is 2.51. The highest BCUT2D eigenvalue weighted by Gasteiger charge is 2.27. The Morgan fingerprint density at radius 1 is 1.16 bits per heavy atom. The van der Waals surface area contributed by atoms with Crippen molar-refractivity contribution in [3.63, 3.8) is 0 Å². The number of hydrogen-bond donors (Lipinski definition) is 0. The number of hydrogen-bond acceptors (Lipinski definition) is 3. The van der Waals surface area contributed by atoms with Crippen LogP contribution in [0.4, 0.5) is 0 Å². The van der Waals surface area contributed by atoms with Gasteiger partial charge in [-0.2, -0.15) is 0 Å². The standard InChI is InChI=1S/C15H19NO3/c1-10-6-16(7-11(2)19-10)15(17)12-3-4-13-8-18-9-14(13)5-12/h3-5,10-11H,6-9H2,1-2H3/t10-,11+. The van der Waals surface area contributed by atoms with E-state index in [9.17, 15) is 4.79 Å². The zero-order chi connectivity index (χ0) is 13.4. The van der Waals surface area contributed by atoms with Crippen LogP contribution in [0.2, 0.25) is 0 Å². The van der Waals surface area contributed by atoms with E-state index in [0.29, 0.717) is 26.3 Å². The van der Waals surface area contributed by atoms with Crippen LogP contribution in [0, 0.1) is 0 Å². The van der Waals surface area contributed by atoms with Crippen molar-refractivity contribution in [2.75, 3.05) is 13.1 Å². The van der Waals surface area contributed by atoms with Gasteiger partial charge in [0.05, 0.1) is 25.4 Å². The van der Waals surface area contributed by atoms with Crippen LogP contribution in [0.5, 0.6) is 0 Å². The van der Waals surface area contributed by atoms with Crippen LogP contribution >= 0.6 is 0 Å². The lowest BCUT2D eigenvalue weighted by Crippen LogP contribution is -2.48. The molecule has 1 fully saturated rings. The van der Waals surface area contributed by atoms with Crippen molar-refractivity contribution in [2.45, 2.75) is 39.3 Å². The van der Waals surface area contributed by atoms with Gasteiger partial charge in [-0.3, -0.25) is 4.79 Å². The second-order valence-electron chi connectivity index (χ2n) is 5.44. The minimum atomic E-state index is 0.0942. The number of carbonyl (C=O) groups is 1. The smallest absolute Gasteiger partial charge is 0.254 e. The number of rotatable bonds is 1. The summed E-state index contributed by atoms with van der Waals surface area (Å²) in [5, 5.41) is 0. The molecular formula is C15H19NO3. The third-order valence-corrected chi connectivity index (χ3v) is 3.68. The lowest BCUT2D eigenvalue weighted by atomic mass is 10.0. The molecule has 2 heterocycles. The molecule has 0 aliphatic carbocycles. The van der Waals surface area contributed by atoms with Crippen LogP contribution in [-0.2, 0) is 22.7 Å². The first-order valence-corrected chi connectivity index (χ1v) is 6.78. The second kappa shape index (κ2) is 4.94. The number of benzene rings is 1. The SMILES string of the molecule is C[C@@H]1CN(C(=O)c2ccc3c(c2)COC3)C[C@H](C)O1. The normalized spacial score (nSPS) is 26.3. The molecule has 4 heteroatoms. The lowest BCUT2D eigenvalue weighted by molar-refractivity contribution is -0.0586. The molecule has 1 aromatic carbocycles. The third-order valence-electron chi connectivity index (χ3n) is 3.68. The topological polar surface area (TPSA) is 38.8 Å². The first-order chi connectivity index (χ1) is 9.13. The molecule has 4 nitrogen and oxygen atoms in total. The fraction of sp³-hybridized carbons (Fsp3) is 0.533. The highest BCUT2D eigenvalue weighted by atomic mass is 16.5. The summed E-state index contributed by atoms with van der Waals surface area (Å²) < 4.78 is 11.0. The maximum Gasteiger partial charge on any atom is 0.254 e. The number of ether oxygens (including phenoxy) is 2. The summed E-state index contributed by atoms with van der Waals surface area (Å²) in [6.07, 6.45) is 0.205. The molecule has 0 spiro atoms. The maximum absolute atomic E-state index is 12.5. The number of morpholine rings is 1. The number of nitrogens with zero attached hydrogens (tertiary/aromatic N) is 1. The van der Waals surface area contributed by atoms with E-state index in [-0.39, 0.29) is 18.1 Å². The van der Waals surface area contributed by atoms with Gasteiger partial charge in [0.25, 0.3) is 5.91 Å². The average Bonchev–Trinajstić information content (AvgIpc) is 2.83. The Morgan fingerprint density at radius 2 is 1.84 bits per heavy atom. The molecule has 1 saturated heterocycles. The highest BCUT2D eigenvalue weighted by molar-refractivity contribution is 5.94. The van der Waals surface area contributed by atoms with Crippen LogP contribution in [0.25, 0.3) is 0 Å². The molecule has 2 aliphatic heterocycles. The van der Waals surface area contributed by atoms with E-state index >= 15 is 0 Å². The van der Waals surface area contributed by atoms with Crippen molar-refractivity contribution in [2.24, 2.45) is 0 Å². The van der Waals surface area contributed by atoms with E-state index in [4.69, 9.17) is 9.47 Å². The Hall–Kier alpha value is -1.39. The van der Waals surface area contributed by atoms with Crippen LogP contribution in [0.3, 0.4) is 0 Å². The Kier molecular flexibility index (Phi) is 3.29. The lowest BCUT2D eigenvalue weighted by Gasteiger charge is -2.35. The summed E-state index contributed by atoms with van der Waals surface area (Å²) in [7, 11) is 0. The molecule has 1 aromatic rings. The molecule has 0 radical (unpaired) electrons. The molecule has 1 amide bonds. The van der Waals surface area contributed by atoms with E-state index < -0.39 is 0 Å². The number of carbonyl (C=O) groups excluding carboxylic acids is 1. The minimum Gasteiger partial charge on any atom is -0.372 e. The summed E-state index contributed by atoms with van der Waals surface area (Å²) in [5.74, 6) is 0.0942. The van der Waals surface area contributed by atoms with Crippen molar-refractivity contribution in [3.8, 4) is 0 Å². The first-order valence-electron chi connectivity index (χ1n) is 6.78. The van der Waals surface area contributed by atoms with Crippen LogP contribution in [0.1, 0.15) is 35.3 Å². The Labute approximate surface area is 113 Å². The minimum absolute atomic E-state index is 0.0942. The molecule has 0 aromatic heterocycles. The molecule has 0 bridgehead atoms. The molecule has 0 saturated carbocycles. The number of fused-ring (bicyclic) bond motifs is 1. The van der Waals surface area contributed by atoms with Gasteiger partial charge in [0.1, 0.15) is 0 Å². The Morgan fingerprint density at radius 3 is 2.58 bits per heavy atom. The summed E-state index contributed by atoms with van der Waals surface area (Å²) in [5.41, 5.74) is 3.09. The van der Waals surface area contributed by atoms with Crippen LogP contribution in [-0.4, -0.2) is 36.1 Å². The summed E-state index contributed by atoms with van der Waals surface area (Å²) in [4.78, 5) is 14.4. The van der Waals surface area contributed by atoms with Crippen molar-refractivity contribution in [1.82, 2.24) is 4.90 Å². The van der Waals surface area contributed by atoms with Gasteiger partial charge in [0, 0.05) is 18.7 Å². The van der Waals surface area contributed by atoms with Gasteiger partial charge < -0.3 is 14.4 Å². The maximum atomic E-state index is 12.5. The predicted molar refractivity (Wildman–Crippen MR) is 70.8 cm³/mol. The summed E-state index contributed by atoms with van der Waals surface area (Å²) in [6, 6.07) is 5.87. The van der Waals surface area contributed by atoms with Crippen molar-refractivity contribution < 1.29 is 14.3 Å². The van der Waals surface area contributed by atoms with Gasteiger partial charge in [-0.05, 0) is 37.1 Å². The van der Waals surface area contributed by atoms with Gasteiger partial charge in [-0.1, -0.05) is 6.07 Å². The average molecular weight is 261 g/mol.